The quantitative estimate of drug-likeness (QED) is 0.213. The first-order valence-electron chi connectivity index (χ1n) is 14.8. The van der Waals surface area contributed by atoms with E-state index in [0.717, 1.165) is 83.1 Å². The van der Waals surface area contributed by atoms with Crippen LogP contribution in [0.3, 0.4) is 0 Å². The number of benzene rings is 5. The first-order chi connectivity index (χ1) is 21.7. The van der Waals surface area contributed by atoms with E-state index < -0.39 is 7.05 Å². The van der Waals surface area contributed by atoms with E-state index in [1.807, 2.05) is 18.2 Å². The third kappa shape index (κ3) is 3.57. The van der Waals surface area contributed by atoms with E-state index in [2.05, 4.69) is 130 Å². The fourth-order valence-electron chi connectivity index (χ4n) is 6.65. The Labute approximate surface area is 252 Å². The van der Waals surface area contributed by atoms with Gasteiger partial charge in [-0.25, -0.2) is 9.98 Å². The van der Waals surface area contributed by atoms with Gasteiger partial charge in [-0.15, -0.1) is 0 Å². The molecule has 8 heteroatoms. The molecular formula is C36H27BN6O. The summed E-state index contributed by atoms with van der Waals surface area (Å²) in [7, 11) is 1.63. The van der Waals surface area contributed by atoms with Gasteiger partial charge in [0.2, 0.25) is 0 Å². The molecule has 6 bridgehead atoms. The second kappa shape index (κ2) is 9.37. The molecule has 0 radical (unpaired) electrons. The second-order valence-electron chi connectivity index (χ2n) is 11.3. The van der Waals surface area contributed by atoms with Gasteiger partial charge in [0.25, 0.3) is 0 Å². The maximum atomic E-state index is 6.82. The lowest BCUT2D eigenvalue weighted by atomic mass is 9.86. The van der Waals surface area contributed by atoms with Crippen molar-refractivity contribution in [1.29, 1.82) is 0 Å². The molecule has 0 saturated carbocycles. The van der Waals surface area contributed by atoms with Gasteiger partial charge in [-0.2, -0.15) is 0 Å². The number of nitrogens with zero attached hydrogens (tertiary/aromatic N) is 4. The summed E-state index contributed by atoms with van der Waals surface area (Å²) in [4.78, 5) is 14.4. The summed E-state index contributed by atoms with van der Waals surface area (Å²) in [5.41, 5.74) is 1.58. The van der Waals surface area contributed by atoms with Gasteiger partial charge in [0.1, 0.15) is 40.0 Å². The van der Waals surface area contributed by atoms with Crippen LogP contribution in [0.15, 0.2) is 125 Å². The summed E-state index contributed by atoms with van der Waals surface area (Å²) < 4.78 is 11.1. The summed E-state index contributed by atoms with van der Waals surface area (Å²) >= 11 is 0. The monoisotopic (exact) mass is 570 g/mol. The lowest BCUT2D eigenvalue weighted by Gasteiger charge is -2.16. The van der Waals surface area contributed by atoms with E-state index in [1.165, 1.54) is 0 Å². The van der Waals surface area contributed by atoms with Crippen molar-refractivity contribution in [3.8, 4) is 5.75 Å². The molecule has 44 heavy (non-hydrogen) atoms. The molecule has 3 aromatic heterocycles. The number of H-pyrrole nitrogens is 1. The highest BCUT2D eigenvalue weighted by Crippen LogP contribution is 2.40. The SMILES string of the molecule is CB(Oc1cccc2ccccc12)n1c2c3ccccc3c1=Nc1c3ccccc3c(n1C)Nc1[nH]c(c3ccccc13)N=2. The zero-order chi connectivity index (χ0) is 29.4. The predicted molar refractivity (Wildman–Crippen MR) is 180 cm³/mol. The Hall–Kier alpha value is -5.76. The minimum absolute atomic E-state index is 0.432. The number of hydrogen-bond donors (Lipinski definition) is 2. The lowest BCUT2D eigenvalue weighted by Crippen LogP contribution is -2.43. The summed E-state index contributed by atoms with van der Waals surface area (Å²) in [6.45, 7) is 2.07. The van der Waals surface area contributed by atoms with Gasteiger partial charge < -0.3 is 24.0 Å². The van der Waals surface area contributed by atoms with E-state index >= 15 is 0 Å². The van der Waals surface area contributed by atoms with Crippen molar-refractivity contribution in [1.82, 2.24) is 14.0 Å². The highest BCUT2D eigenvalue weighted by atomic mass is 16.4. The highest BCUT2D eigenvalue weighted by molar-refractivity contribution is 6.49. The Kier molecular flexibility index (Phi) is 5.29. The van der Waals surface area contributed by atoms with Gasteiger partial charge in [-0.1, -0.05) is 109 Å². The number of nitrogens with one attached hydrogen (secondary N) is 2. The average Bonchev–Trinajstić information content (AvgIpc) is 3.66. The van der Waals surface area contributed by atoms with Crippen molar-refractivity contribution < 1.29 is 4.65 Å². The van der Waals surface area contributed by atoms with Gasteiger partial charge in [-0.05, 0) is 18.3 Å². The van der Waals surface area contributed by atoms with Gasteiger partial charge in [0, 0.05) is 44.8 Å². The van der Waals surface area contributed by atoms with Crippen LogP contribution in [-0.2, 0) is 7.05 Å². The molecule has 0 aliphatic carbocycles. The smallest absolute Gasteiger partial charge is 0.486 e. The Morgan fingerprint density at radius 2 is 1.20 bits per heavy atom. The summed E-state index contributed by atoms with van der Waals surface area (Å²) in [5.74, 6) is 4.29. The third-order valence-corrected chi connectivity index (χ3v) is 8.72. The number of aromatic nitrogens is 3. The van der Waals surface area contributed by atoms with Crippen LogP contribution < -0.4 is 20.9 Å². The second-order valence-corrected chi connectivity index (χ2v) is 11.3. The van der Waals surface area contributed by atoms with Crippen LogP contribution in [0.2, 0.25) is 6.82 Å². The zero-order valence-electron chi connectivity index (χ0n) is 24.2. The van der Waals surface area contributed by atoms with Crippen molar-refractivity contribution >= 4 is 73.4 Å². The lowest BCUT2D eigenvalue weighted by molar-refractivity contribution is 0.561. The van der Waals surface area contributed by atoms with Crippen LogP contribution in [0.5, 0.6) is 5.75 Å². The van der Waals surface area contributed by atoms with Crippen molar-refractivity contribution in [3.05, 3.63) is 126 Å². The highest BCUT2D eigenvalue weighted by Gasteiger charge is 2.25. The number of hydrogen-bond acceptors (Lipinski definition) is 4. The minimum Gasteiger partial charge on any atom is -0.541 e. The fraction of sp³-hybridized carbons (Fsp3) is 0.0556. The molecule has 0 fully saturated rings. The van der Waals surface area contributed by atoms with Gasteiger partial charge >= 0.3 is 7.05 Å². The average molecular weight is 570 g/mol. The van der Waals surface area contributed by atoms with E-state index in [-0.39, 0.29) is 0 Å². The predicted octanol–water partition coefficient (Wildman–Crippen LogP) is 7.77. The molecule has 8 aromatic rings. The number of anilines is 2. The molecular weight excluding hydrogens is 543 g/mol. The standard InChI is InChI=1S/C36H27BN6O/c1-37(44-30-21-11-13-22-12-3-4-14-23(22)30)43-35-28-19-9-10-20-29(28)36(43)41-34-27-18-8-7-17-26(27)33(42(34)2)39-31-24-15-5-6-16-25(24)32(38-31)40-35/h3-21,38-39H,1-2H3. The number of aromatic amines is 1. The van der Waals surface area contributed by atoms with Crippen molar-refractivity contribution in [2.24, 2.45) is 17.0 Å². The maximum absolute atomic E-state index is 6.82. The Morgan fingerprint density at radius 1 is 0.614 bits per heavy atom. The topological polar surface area (TPSA) is 71.6 Å². The third-order valence-electron chi connectivity index (χ3n) is 8.72. The van der Waals surface area contributed by atoms with Crippen LogP contribution in [0.4, 0.5) is 23.3 Å². The van der Waals surface area contributed by atoms with Crippen LogP contribution in [0.25, 0.3) is 43.1 Å². The van der Waals surface area contributed by atoms with E-state index in [4.69, 9.17) is 14.6 Å². The molecule has 9 rings (SSSR count). The first kappa shape index (κ1) is 24.8. The summed E-state index contributed by atoms with van der Waals surface area (Å²) in [5, 5.41) is 12.2. The maximum Gasteiger partial charge on any atom is 0.486 e. The molecule has 5 aromatic carbocycles. The fourth-order valence-corrected chi connectivity index (χ4v) is 6.65. The van der Waals surface area contributed by atoms with Crippen LogP contribution in [0.1, 0.15) is 0 Å². The molecule has 210 valence electrons. The largest absolute Gasteiger partial charge is 0.541 e. The normalized spacial score (nSPS) is 12.4. The minimum atomic E-state index is -0.432. The molecule has 7 nitrogen and oxygen atoms in total. The van der Waals surface area contributed by atoms with E-state index in [9.17, 15) is 0 Å². The van der Waals surface area contributed by atoms with Crippen molar-refractivity contribution in [2.45, 2.75) is 6.82 Å². The van der Waals surface area contributed by atoms with Gasteiger partial charge in [0.15, 0.2) is 0 Å². The van der Waals surface area contributed by atoms with Crippen molar-refractivity contribution in [2.75, 3.05) is 5.32 Å². The molecule has 4 heterocycles. The first-order valence-corrected chi connectivity index (χ1v) is 14.8. The molecule has 0 saturated heterocycles. The Bertz CT molecular complexity index is 2550. The van der Waals surface area contributed by atoms with Crippen LogP contribution >= 0.6 is 0 Å². The molecule has 1 aliphatic rings. The molecule has 0 atom stereocenters. The van der Waals surface area contributed by atoms with Crippen LogP contribution in [-0.4, -0.2) is 21.1 Å². The van der Waals surface area contributed by atoms with E-state index in [1.54, 1.807) is 0 Å². The Balaban J connectivity index is 1.43. The molecule has 1 aliphatic heterocycles. The molecule has 0 unspecified atom stereocenters. The van der Waals surface area contributed by atoms with Gasteiger partial charge in [-0.3, -0.25) is 0 Å². The summed E-state index contributed by atoms with van der Waals surface area (Å²) in [6.07, 6.45) is 0. The van der Waals surface area contributed by atoms with Crippen LogP contribution in [0, 0.1) is 0 Å². The number of fused-ring (bicyclic) bond motifs is 16. The molecule has 0 amide bonds. The molecule has 2 N–H and O–H groups in total. The molecule has 0 spiro atoms. The Morgan fingerprint density at radius 3 is 1.98 bits per heavy atom. The van der Waals surface area contributed by atoms with E-state index in [0.29, 0.717) is 0 Å². The van der Waals surface area contributed by atoms with Crippen molar-refractivity contribution in [3.63, 3.8) is 0 Å². The summed E-state index contributed by atoms with van der Waals surface area (Å²) in [6, 6.07) is 39.6. The number of rotatable bonds is 3. The van der Waals surface area contributed by atoms with Gasteiger partial charge in [0.05, 0.1) is 0 Å². The zero-order valence-corrected chi connectivity index (χ0v) is 24.2.